The number of carbonyl (C=O) groups excluding carboxylic acids is 1. The molecule has 3 aromatic rings. The van der Waals surface area contributed by atoms with Gasteiger partial charge in [0, 0.05) is 5.39 Å². The smallest absolute Gasteiger partial charge is 0.349 e. The summed E-state index contributed by atoms with van der Waals surface area (Å²) in [5.41, 5.74) is -1.48. The molecule has 0 fully saturated rings. The van der Waals surface area contributed by atoms with Gasteiger partial charge < -0.3 is 24.7 Å². The molecule has 138 valence electrons. The number of nitrogens with one attached hydrogen (secondary N) is 1. The van der Waals surface area contributed by atoms with Crippen molar-refractivity contribution in [1.82, 2.24) is 0 Å². The number of hydrogen-bond donors (Lipinski definition) is 3. The molecule has 0 aliphatic heterocycles. The van der Waals surface area contributed by atoms with Crippen molar-refractivity contribution in [2.75, 3.05) is 11.9 Å². The standard InChI is InChI=1S/C19H15NO7/c1-2-26-14-8-3-5-10-9-12(19(25)27-16(10)14)17(22)20-13-7-4-6-11(15(13)21)18(23)24/h3-9,21H,2H2,1H3,(H,20,22)(H,23,24). The largest absolute Gasteiger partial charge is 0.505 e. The zero-order chi connectivity index (χ0) is 19.6. The topological polar surface area (TPSA) is 126 Å². The molecule has 0 saturated carbocycles. The van der Waals surface area contributed by atoms with Gasteiger partial charge in [-0.05, 0) is 31.2 Å². The minimum atomic E-state index is -1.35. The molecule has 1 amide bonds. The molecule has 3 N–H and O–H groups in total. The second-order valence-electron chi connectivity index (χ2n) is 5.52. The van der Waals surface area contributed by atoms with Gasteiger partial charge in [0.1, 0.15) is 11.1 Å². The minimum Gasteiger partial charge on any atom is -0.505 e. The van der Waals surface area contributed by atoms with E-state index in [0.29, 0.717) is 17.7 Å². The lowest BCUT2D eigenvalue weighted by Crippen LogP contribution is -2.21. The fraction of sp³-hybridized carbons (Fsp3) is 0.105. The third kappa shape index (κ3) is 3.45. The lowest BCUT2D eigenvalue weighted by molar-refractivity contribution is 0.0693. The Morgan fingerprint density at radius 1 is 1.15 bits per heavy atom. The molecule has 0 unspecified atom stereocenters. The predicted molar refractivity (Wildman–Crippen MR) is 96.7 cm³/mol. The Morgan fingerprint density at radius 3 is 2.59 bits per heavy atom. The van der Waals surface area contributed by atoms with E-state index in [2.05, 4.69) is 5.32 Å². The Balaban J connectivity index is 2.00. The number of anilines is 1. The van der Waals surface area contributed by atoms with Crippen molar-refractivity contribution in [2.45, 2.75) is 6.92 Å². The highest BCUT2D eigenvalue weighted by atomic mass is 16.5. The van der Waals surface area contributed by atoms with E-state index in [1.54, 1.807) is 25.1 Å². The number of para-hydroxylation sites is 2. The average molecular weight is 369 g/mol. The van der Waals surface area contributed by atoms with E-state index in [1.807, 2.05) is 0 Å². The molecule has 27 heavy (non-hydrogen) atoms. The Morgan fingerprint density at radius 2 is 1.89 bits per heavy atom. The predicted octanol–water partition coefficient (Wildman–Crippen LogP) is 2.85. The van der Waals surface area contributed by atoms with Gasteiger partial charge >= 0.3 is 11.6 Å². The lowest BCUT2D eigenvalue weighted by Gasteiger charge is -2.10. The molecule has 2 aromatic carbocycles. The Labute approximate surface area is 152 Å². The summed E-state index contributed by atoms with van der Waals surface area (Å²) >= 11 is 0. The third-order valence-corrected chi connectivity index (χ3v) is 3.78. The molecule has 8 heteroatoms. The van der Waals surface area contributed by atoms with Crippen molar-refractivity contribution in [3.8, 4) is 11.5 Å². The van der Waals surface area contributed by atoms with Gasteiger partial charge in [0.05, 0.1) is 12.3 Å². The SMILES string of the molecule is CCOc1cccc2cc(C(=O)Nc3cccc(C(=O)O)c3O)c(=O)oc12. The number of ether oxygens (including phenoxy) is 1. The molecule has 1 aromatic heterocycles. The number of phenols is 1. The number of carboxylic acids is 1. The first-order valence-electron chi connectivity index (χ1n) is 7.98. The normalized spacial score (nSPS) is 10.6. The van der Waals surface area contributed by atoms with Gasteiger partial charge in [-0.15, -0.1) is 0 Å². The van der Waals surface area contributed by atoms with E-state index in [1.165, 1.54) is 24.3 Å². The molecule has 8 nitrogen and oxygen atoms in total. The average Bonchev–Trinajstić information content (AvgIpc) is 2.63. The quantitative estimate of drug-likeness (QED) is 0.466. The number of rotatable bonds is 5. The number of fused-ring (bicyclic) bond motifs is 1. The number of aromatic carboxylic acids is 1. The number of hydrogen-bond acceptors (Lipinski definition) is 6. The minimum absolute atomic E-state index is 0.137. The Kier molecular flexibility index (Phi) is 4.80. The highest BCUT2D eigenvalue weighted by molar-refractivity contribution is 6.07. The van der Waals surface area contributed by atoms with Crippen LogP contribution in [0.2, 0.25) is 0 Å². The van der Waals surface area contributed by atoms with Crippen molar-refractivity contribution in [3.63, 3.8) is 0 Å². The van der Waals surface area contributed by atoms with Crippen LogP contribution in [0.15, 0.2) is 51.7 Å². The van der Waals surface area contributed by atoms with E-state index in [4.69, 9.17) is 14.3 Å². The highest BCUT2D eigenvalue weighted by Crippen LogP contribution is 2.28. The summed E-state index contributed by atoms with van der Waals surface area (Å²) in [7, 11) is 0. The summed E-state index contributed by atoms with van der Waals surface area (Å²) < 4.78 is 10.6. The van der Waals surface area contributed by atoms with Gasteiger partial charge in [0.15, 0.2) is 17.1 Å². The maximum absolute atomic E-state index is 12.5. The first kappa shape index (κ1) is 18.0. The van der Waals surface area contributed by atoms with Crippen molar-refractivity contribution in [3.05, 3.63) is 64.0 Å². The highest BCUT2D eigenvalue weighted by Gasteiger charge is 2.19. The van der Waals surface area contributed by atoms with E-state index in [-0.39, 0.29) is 22.4 Å². The van der Waals surface area contributed by atoms with E-state index < -0.39 is 23.3 Å². The summed E-state index contributed by atoms with van der Waals surface area (Å²) in [5, 5.41) is 21.8. The van der Waals surface area contributed by atoms with Crippen molar-refractivity contribution in [1.29, 1.82) is 0 Å². The summed E-state index contributed by atoms with van der Waals surface area (Å²) in [6.45, 7) is 2.17. The third-order valence-electron chi connectivity index (χ3n) is 3.78. The summed E-state index contributed by atoms with van der Waals surface area (Å²) in [6.07, 6.45) is 0. The molecule has 3 rings (SSSR count). The summed E-state index contributed by atoms with van der Waals surface area (Å²) in [4.78, 5) is 35.8. The van der Waals surface area contributed by atoms with Gasteiger partial charge in [0.25, 0.3) is 5.91 Å². The first-order valence-corrected chi connectivity index (χ1v) is 7.98. The van der Waals surface area contributed by atoms with E-state index >= 15 is 0 Å². The van der Waals surface area contributed by atoms with E-state index in [9.17, 15) is 19.5 Å². The molecule has 0 radical (unpaired) electrons. The van der Waals surface area contributed by atoms with Crippen molar-refractivity contribution >= 4 is 28.5 Å². The van der Waals surface area contributed by atoms with Crippen LogP contribution in [0.25, 0.3) is 11.0 Å². The Bertz CT molecular complexity index is 1100. The number of amides is 1. The Hall–Kier alpha value is -3.81. The van der Waals surface area contributed by atoms with E-state index in [0.717, 1.165) is 0 Å². The molecule has 0 aliphatic rings. The molecular formula is C19H15NO7. The van der Waals surface area contributed by atoms with Crippen LogP contribution in [0, 0.1) is 0 Å². The van der Waals surface area contributed by atoms with Crippen LogP contribution >= 0.6 is 0 Å². The van der Waals surface area contributed by atoms with Crippen LogP contribution in [0.3, 0.4) is 0 Å². The van der Waals surface area contributed by atoms with Gasteiger partial charge in [-0.25, -0.2) is 9.59 Å². The number of carbonyl (C=O) groups is 2. The molecule has 0 saturated heterocycles. The van der Waals surface area contributed by atoms with Gasteiger partial charge in [0.2, 0.25) is 0 Å². The van der Waals surface area contributed by atoms with Crippen LogP contribution < -0.4 is 15.7 Å². The molecular weight excluding hydrogens is 354 g/mol. The zero-order valence-electron chi connectivity index (χ0n) is 14.2. The van der Waals surface area contributed by atoms with Crippen LogP contribution in [0.1, 0.15) is 27.6 Å². The van der Waals surface area contributed by atoms with Crippen LogP contribution in [0.5, 0.6) is 11.5 Å². The zero-order valence-corrected chi connectivity index (χ0v) is 14.2. The second kappa shape index (κ2) is 7.20. The number of aromatic hydroxyl groups is 1. The van der Waals surface area contributed by atoms with Crippen molar-refractivity contribution < 1.29 is 29.0 Å². The molecule has 0 spiro atoms. The molecule has 0 aliphatic carbocycles. The fourth-order valence-electron chi connectivity index (χ4n) is 2.55. The molecule has 0 bridgehead atoms. The monoisotopic (exact) mass is 369 g/mol. The van der Waals surface area contributed by atoms with Gasteiger partial charge in [-0.3, -0.25) is 4.79 Å². The molecule has 1 heterocycles. The molecule has 0 atom stereocenters. The lowest BCUT2D eigenvalue weighted by atomic mass is 10.1. The van der Waals surface area contributed by atoms with Gasteiger partial charge in [-0.2, -0.15) is 0 Å². The van der Waals surface area contributed by atoms with Crippen LogP contribution in [-0.2, 0) is 0 Å². The first-order chi connectivity index (χ1) is 12.9. The fourth-order valence-corrected chi connectivity index (χ4v) is 2.55. The van der Waals surface area contributed by atoms with Crippen LogP contribution in [0.4, 0.5) is 5.69 Å². The number of benzene rings is 2. The maximum atomic E-state index is 12.5. The van der Waals surface area contributed by atoms with Gasteiger partial charge in [-0.1, -0.05) is 18.2 Å². The number of carboxylic acid groups (broad SMARTS) is 1. The maximum Gasteiger partial charge on any atom is 0.349 e. The summed E-state index contributed by atoms with van der Waals surface area (Å²) in [6, 6.07) is 10.2. The van der Waals surface area contributed by atoms with Crippen molar-refractivity contribution in [2.24, 2.45) is 0 Å². The second-order valence-corrected chi connectivity index (χ2v) is 5.52. The van der Waals surface area contributed by atoms with Crippen LogP contribution in [-0.4, -0.2) is 28.7 Å². The summed E-state index contributed by atoms with van der Waals surface area (Å²) in [5.74, 6) is -2.42.